The number of carbonyl (C=O) groups excluding carboxylic acids is 1. The predicted octanol–water partition coefficient (Wildman–Crippen LogP) is 3.67. The molecule has 1 aromatic carbocycles. The highest BCUT2D eigenvalue weighted by Gasteiger charge is 2.24. The van der Waals surface area contributed by atoms with E-state index in [9.17, 15) is 14.0 Å². The van der Waals surface area contributed by atoms with Crippen molar-refractivity contribution in [3.05, 3.63) is 57.2 Å². The van der Waals surface area contributed by atoms with Gasteiger partial charge in [-0.2, -0.15) is 0 Å². The summed E-state index contributed by atoms with van der Waals surface area (Å²) in [6.45, 7) is 5.46. The molecule has 8 heteroatoms. The lowest BCUT2D eigenvalue weighted by molar-refractivity contribution is -0.133. The van der Waals surface area contributed by atoms with Crippen molar-refractivity contribution in [1.82, 2.24) is 14.5 Å². The van der Waals surface area contributed by atoms with E-state index in [1.54, 1.807) is 12.1 Å². The average Bonchev–Trinajstić information content (AvgIpc) is 3.04. The highest BCUT2D eigenvalue weighted by Crippen LogP contribution is 2.25. The molecule has 0 unspecified atom stereocenters. The van der Waals surface area contributed by atoms with E-state index in [0.29, 0.717) is 30.8 Å². The smallest absolute Gasteiger partial charge is 0.262 e. The lowest BCUT2D eigenvalue weighted by Crippen LogP contribution is -2.42. The van der Waals surface area contributed by atoms with Gasteiger partial charge < -0.3 is 9.64 Å². The second-order valence-electron chi connectivity index (χ2n) is 7.61. The van der Waals surface area contributed by atoms with Gasteiger partial charge in [0, 0.05) is 43.8 Å². The highest BCUT2D eigenvalue weighted by molar-refractivity contribution is 7.18. The van der Waals surface area contributed by atoms with Crippen molar-refractivity contribution in [2.24, 2.45) is 0 Å². The maximum absolute atomic E-state index is 13.0. The number of benzene rings is 1. The fourth-order valence-electron chi connectivity index (χ4n) is 3.73. The molecule has 0 aliphatic carbocycles. The van der Waals surface area contributed by atoms with Crippen LogP contribution in [0.1, 0.15) is 29.7 Å². The van der Waals surface area contributed by atoms with Gasteiger partial charge in [0.2, 0.25) is 5.91 Å². The number of halogens is 1. The van der Waals surface area contributed by atoms with Crippen LogP contribution in [-0.4, -0.2) is 39.6 Å². The molecular weight excluding hydrogens is 405 g/mol. The van der Waals surface area contributed by atoms with Crippen molar-refractivity contribution < 1.29 is 13.9 Å². The molecule has 0 saturated carbocycles. The Morgan fingerprint density at radius 3 is 2.63 bits per heavy atom. The third-order valence-corrected chi connectivity index (χ3v) is 6.75. The van der Waals surface area contributed by atoms with Crippen molar-refractivity contribution in [2.45, 2.75) is 45.8 Å². The summed E-state index contributed by atoms with van der Waals surface area (Å²) in [6.07, 6.45) is 3.27. The van der Waals surface area contributed by atoms with E-state index in [-0.39, 0.29) is 29.8 Å². The molecule has 3 aromatic rings. The van der Waals surface area contributed by atoms with Crippen LogP contribution < -0.4 is 10.3 Å². The van der Waals surface area contributed by atoms with Crippen LogP contribution in [0.5, 0.6) is 5.75 Å². The largest absolute Gasteiger partial charge is 0.490 e. The minimum absolute atomic E-state index is 0.0125. The van der Waals surface area contributed by atoms with Gasteiger partial charge in [-0.15, -0.1) is 11.3 Å². The zero-order valence-corrected chi connectivity index (χ0v) is 17.9. The fraction of sp³-hybridized carbons (Fsp3) is 0.409. The number of aryl methyl sites for hydroxylation is 3. The SMILES string of the molecule is Cc1sc2ncn(CCC(=O)N3CCC(Oc4ccc(F)cc4)CC3)c(=O)c2c1C. The van der Waals surface area contributed by atoms with Crippen LogP contribution in [0.4, 0.5) is 4.39 Å². The summed E-state index contributed by atoms with van der Waals surface area (Å²) >= 11 is 1.52. The van der Waals surface area contributed by atoms with Gasteiger partial charge in [0.1, 0.15) is 22.5 Å². The Bertz CT molecular complexity index is 1120. The Labute approximate surface area is 177 Å². The Kier molecular flexibility index (Phi) is 5.85. The number of hydrogen-bond donors (Lipinski definition) is 0. The van der Waals surface area contributed by atoms with Crippen molar-refractivity contribution in [1.29, 1.82) is 0 Å². The van der Waals surface area contributed by atoms with E-state index in [1.807, 2.05) is 18.7 Å². The molecule has 1 amide bonds. The van der Waals surface area contributed by atoms with Gasteiger partial charge in [-0.05, 0) is 43.7 Å². The zero-order valence-electron chi connectivity index (χ0n) is 17.1. The molecule has 0 spiro atoms. The molecule has 1 saturated heterocycles. The molecule has 2 aromatic heterocycles. The molecule has 3 heterocycles. The van der Waals surface area contributed by atoms with Crippen LogP contribution in [0.15, 0.2) is 35.4 Å². The summed E-state index contributed by atoms with van der Waals surface area (Å²) in [4.78, 5) is 33.4. The van der Waals surface area contributed by atoms with Gasteiger partial charge in [-0.1, -0.05) is 0 Å². The number of hydrogen-bond acceptors (Lipinski definition) is 5. The van der Waals surface area contributed by atoms with Gasteiger partial charge in [0.05, 0.1) is 11.7 Å². The van der Waals surface area contributed by atoms with E-state index in [4.69, 9.17) is 4.74 Å². The molecule has 0 N–H and O–H groups in total. The first-order valence-corrected chi connectivity index (χ1v) is 10.9. The number of carbonyl (C=O) groups is 1. The number of ether oxygens (including phenoxy) is 1. The number of aromatic nitrogens is 2. The predicted molar refractivity (Wildman–Crippen MR) is 115 cm³/mol. The summed E-state index contributed by atoms with van der Waals surface area (Å²) < 4.78 is 20.4. The number of likely N-dealkylation sites (tertiary alicyclic amines) is 1. The molecule has 0 bridgehead atoms. The van der Waals surface area contributed by atoms with E-state index in [0.717, 1.165) is 28.1 Å². The molecule has 0 atom stereocenters. The van der Waals surface area contributed by atoms with Gasteiger partial charge in [0.25, 0.3) is 5.56 Å². The molecule has 0 radical (unpaired) electrons. The molecule has 4 rings (SSSR count). The number of thiophene rings is 1. The lowest BCUT2D eigenvalue weighted by atomic mass is 10.1. The summed E-state index contributed by atoms with van der Waals surface area (Å²) in [5, 5.41) is 0.659. The number of amides is 1. The average molecular weight is 430 g/mol. The topological polar surface area (TPSA) is 64.4 Å². The Morgan fingerprint density at radius 2 is 1.93 bits per heavy atom. The summed E-state index contributed by atoms with van der Waals surface area (Å²) in [5.41, 5.74) is 0.887. The lowest BCUT2D eigenvalue weighted by Gasteiger charge is -2.32. The number of fused-ring (bicyclic) bond motifs is 1. The van der Waals surface area contributed by atoms with Crippen molar-refractivity contribution in [3.8, 4) is 5.75 Å². The van der Waals surface area contributed by atoms with E-state index < -0.39 is 0 Å². The van der Waals surface area contributed by atoms with E-state index >= 15 is 0 Å². The molecule has 30 heavy (non-hydrogen) atoms. The first-order valence-electron chi connectivity index (χ1n) is 10.1. The molecule has 6 nitrogen and oxygen atoms in total. The van der Waals surface area contributed by atoms with E-state index in [1.165, 1.54) is 34.4 Å². The normalized spacial score (nSPS) is 15.0. The second-order valence-corrected chi connectivity index (χ2v) is 8.81. The molecule has 1 aliphatic heterocycles. The van der Waals surface area contributed by atoms with E-state index in [2.05, 4.69) is 4.98 Å². The van der Waals surface area contributed by atoms with Crippen molar-refractivity contribution >= 4 is 27.5 Å². The first-order chi connectivity index (χ1) is 14.4. The molecule has 1 aliphatic rings. The maximum atomic E-state index is 13.0. The van der Waals surface area contributed by atoms with Crippen molar-refractivity contribution in [2.75, 3.05) is 13.1 Å². The van der Waals surface area contributed by atoms with Crippen LogP contribution in [-0.2, 0) is 11.3 Å². The van der Waals surface area contributed by atoms with Gasteiger partial charge in [-0.3, -0.25) is 14.2 Å². The number of nitrogens with zero attached hydrogens (tertiary/aromatic N) is 3. The third-order valence-electron chi connectivity index (χ3n) is 5.63. The minimum atomic E-state index is -0.291. The molecular formula is C22H24FN3O3S. The molecule has 1 fully saturated rings. The van der Waals surface area contributed by atoms with Gasteiger partial charge in [0.15, 0.2) is 0 Å². The highest BCUT2D eigenvalue weighted by atomic mass is 32.1. The second kappa shape index (κ2) is 8.55. The van der Waals surface area contributed by atoms with Crippen molar-refractivity contribution in [3.63, 3.8) is 0 Å². The fourth-order valence-corrected chi connectivity index (χ4v) is 4.72. The quantitative estimate of drug-likeness (QED) is 0.621. The number of rotatable bonds is 5. The Hall–Kier alpha value is -2.74. The summed E-state index contributed by atoms with van der Waals surface area (Å²) in [6, 6.07) is 5.99. The Morgan fingerprint density at radius 1 is 1.23 bits per heavy atom. The van der Waals surface area contributed by atoms with Gasteiger partial charge in [-0.25, -0.2) is 9.37 Å². The Balaban J connectivity index is 1.31. The summed E-state index contributed by atoms with van der Waals surface area (Å²) in [7, 11) is 0. The summed E-state index contributed by atoms with van der Waals surface area (Å²) in [5.74, 6) is 0.378. The zero-order chi connectivity index (χ0) is 21.3. The maximum Gasteiger partial charge on any atom is 0.262 e. The minimum Gasteiger partial charge on any atom is -0.490 e. The van der Waals surface area contributed by atoms with Crippen LogP contribution in [0.25, 0.3) is 10.2 Å². The number of piperidine rings is 1. The van der Waals surface area contributed by atoms with Crippen LogP contribution >= 0.6 is 11.3 Å². The monoisotopic (exact) mass is 429 g/mol. The standard InChI is InChI=1S/C22H24FN3O3S/c1-14-15(2)30-21-20(14)22(28)26(13-24-21)12-9-19(27)25-10-7-18(8-11-25)29-17-5-3-16(23)4-6-17/h3-6,13,18H,7-12H2,1-2H3. The third kappa shape index (κ3) is 4.23. The molecule has 158 valence electrons. The van der Waals surface area contributed by atoms with Crippen LogP contribution in [0, 0.1) is 19.7 Å². The van der Waals surface area contributed by atoms with Crippen LogP contribution in [0.2, 0.25) is 0 Å². The van der Waals surface area contributed by atoms with Gasteiger partial charge >= 0.3 is 0 Å². The first kappa shape index (κ1) is 20.5. The van der Waals surface area contributed by atoms with Crippen LogP contribution in [0.3, 0.4) is 0 Å².